The summed E-state index contributed by atoms with van der Waals surface area (Å²) < 4.78 is 14.6. The lowest BCUT2D eigenvalue weighted by Gasteiger charge is -2.36. The summed E-state index contributed by atoms with van der Waals surface area (Å²) in [5, 5.41) is 13.5. The van der Waals surface area contributed by atoms with E-state index in [1.54, 1.807) is 29.8 Å². The number of nitrogens with zero attached hydrogens (tertiary/aromatic N) is 4. The third kappa shape index (κ3) is 3.76. The first-order valence-electron chi connectivity index (χ1n) is 10.2. The Morgan fingerprint density at radius 2 is 1.90 bits per heavy atom. The van der Waals surface area contributed by atoms with Gasteiger partial charge in [-0.05, 0) is 47.7 Å². The first-order chi connectivity index (χ1) is 14.7. The van der Waals surface area contributed by atoms with E-state index in [9.17, 15) is 9.50 Å². The number of anilines is 1. The molecule has 0 saturated carbocycles. The predicted molar refractivity (Wildman–Crippen MR) is 120 cm³/mol. The number of para-hydroxylation sites is 1. The van der Waals surface area contributed by atoms with E-state index in [0.717, 1.165) is 65.1 Å². The molecule has 1 N–H and O–H groups in total. The van der Waals surface area contributed by atoms with E-state index < -0.39 is 6.10 Å². The van der Waals surface area contributed by atoms with E-state index in [0.29, 0.717) is 6.42 Å². The fourth-order valence-corrected chi connectivity index (χ4v) is 5.17. The smallest absolute Gasteiger partial charge is 0.123 e. The number of aliphatic hydroxyl groups is 1. The Kier molecular flexibility index (Phi) is 5.33. The number of benzene rings is 2. The van der Waals surface area contributed by atoms with Gasteiger partial charge in [0.05, 0.1) is 17.3 Å². The number of halogens is 1. The molecule has 5 nitrogen and oxygen atoms in total. The normalized spacial score (nSPS) is 16.4. The van der Waals surface area contributed by atoms with Crippen LogP contribution in [0.4, 0.5) is 10.1 Å². The van der Waals surface area contributed by atoms with E-state index >= 15 is 0 Å². The Morgan fingerprint density at radius 1 is 1.07 bits per heavy atom. The fourth-order valence-electron chi connectivity index (χ4n) is 4.18. The third-order valence-electron chi connectivity index (χ3n) is 5.83. The van der Waals surface area contributed by atoms with Gasteiger partial charge < -0.3 is 10.0 Å². The lowest BCUT2D eigenvalue weighted by atomic mass is 10.0. The van der Waals surface area contributed by atoms with Crippen LogP contribution in [0.3, 0.4) is 0 Å². The fraction of sp³-hybridized carbons (Fsp3) is 0.304. The van der Waals surface area contributed by atoms with Crippen molar-refractivity contribution in [2.45, 2.75) is 12.5 Å². The Balaban J connectivity index is 1.20. The maximum Gasteiger partial charge on any atom is 0.123 e. The molecule has 0 spiro atoms. The number of fused-ring (bicyclic) bond motifs is 2. The van der Waals surface area contributed by atoms with Crippen LogP contribution in [0.5, 0.6) is 0 Å². The highest BCUT2D eigenvalue weighted by atomic mass is 32.1. The molecule has 2 aromatic heterocycles. The average molecular weight is 423 g/mol. The van der Waals surface area contributed by atoms with Gasteiger partial charge in [-0.25, -0.2) is 4.39 Å². The molecule has 30 heavy (non-hydrogen) atoms. The van der Waals surface area contributed by atoms with E-state index in [1.807, 2.05) is 17.5 Å². The molecular formula is C23H23FN4OS. The van der Waals surface area contributed by atoms with Gasteiger partial charge in [-0.15, -0.1) is 11.3 Å². The minimum atomic E-state index is -0.577. The molecule has 1 fully saturated rings. The van der Waals surface area contributed by atoms with Crippen LogP contribution in [0.1, 0.15) is 18.1 Å². The molecule has 154 valence electrons. The van der Waals surface area contributed by atoms with E-state index in [4.69, 9.17) is 0 Å². The first kappa shape index (κ1) is 19.4. The summed E-state index contributed by atoms with van der Waals surface area (Å²) in [6.07, 6.45) is 3.53. The van der Waals surface area contributed by atoms with Crippen LogP contribution in [0.15, 0.2) is 54.2 Å². The Morgan fingerprint density at radius 3 is 2.77 bits per heavy atom. The van der Waals surface area contributed by atoms with Crippen molar-refractivity contribution in [1.29, 1.82) is 0 Å². The minimum Gasteiger partial charge on any atom is -0.388 e. The van der Waals surface area contributed by atoms with Crippen LogP contribution in [-0.2, 0) is 0 Å². The summed E-state index contributed by atoms with van der Waals surface area (Å²) in [6.45, 7) is 4.51. The number of hydrogen-bond donors (Lipinski definition) is 1. The van der Waals surface area contributed by atoms with Crippen LogP contribution in [0.25, 0.3) is 21.1 Å². The highest BCUT2D eigenvalue weighted by Gasteiger charge is 2.21. The summed E-state index contributed by atoms with van der Waals surface area (Å²) in [7, 11) is 0. The zero-order valence-corrected chi connectivity index (χ0v) is 17.4. The van der Waals surface area contributed by atoms with Crippen LogP contribution >= 0.6 is 11.3 Å². The van der Waals surface area contributed by atoms with Gasteiger partial charge in [-0.3, -0.25) is 14.9 Å². The molecule has 7 heteroatoms. The number of aromatic nitrogens is 2. The molecule has 5 rings (SSSR count). The monoisotopic (exact) mass is 422 g/mol. The highest BCUT2D eigenvalue weighted by Crippen LogP contribution is 2.32. The Hall–Kier alpha value is -2.61. The Labute approximate surface area is 178 Å². The summed E-state index contributed by atoms with van der Waals surface area (Å²) in [4.78, 5) is 13.7. The molecule has 0 bridgehead atoms. The SMILES string of the molecule is OC(CCN1CCN(c2cccc3nccnc23)CC1)c1csc2ccc(F)cc12. The first-order valence-corrected chi connectivity index (χ1v) is 11.1. The number of rotatable bonds is 5. The second kappa shape index (κ2) is 8.26. The number of thiophene rings is 1. The zero-order valence-electron chi connectivity index (χ0n) is 16.5. The topological polar surface area (TPSA) is 52.5 Å². The largest absolute Gasteiger partial charge is 0.388 e. The molecule has 1 aliphatic rings. The zero-order chi connectivity index (χ0) is 20.5. The van der Waals surface area contributed by atoms with Crippen LogP contribution in [0.2, 0.25) is 0 Å². The third-order valence-corrected chi connectivity index (χ3v) is 6.82. The van der Waals surface area contributed by atoms with Crippen LogP contribution in [0, 0.1) is 5.82 Å². The van der Waals surface area contributed by atoms with Crippen molar-refractivity contribution in [2.24, 2.45) is 0 Å². The van der Waals surface area contributed by atoms with E-state index in [-0.39, 0.29) is 5.82 Å². The second-order valence-corrected chi connectivity index (χ2v) is 8.58. The molecule has 3 heterocycles. The number of piperazine rings is 1. The molecule has 0 amide bonds. The maximum absolute atomic E-state index is 13.6. The van der Waals surface area contributed by atoms with Gasteiger partial charge in [0.15, 0.2) is 0 Å². The highest BCUT2D eigenvalue weighted by molar-refractivity contribution is 7.17. The van der Waals surface area contributed by atoms with Gasteiger partial charge in [0.25, 0.3) is 0 Å². The quantitative estimate of drug-likeness (QED) is 0.522. The second-order valence-electron chi connectivity index (χ2n) is 7.67. The summed E-state index contributed by atoms with van der Waals surface area (Å²) >= 11 is 1.55. The van der Waals surface area contributed by atoms with Gasteiger partial charge in [-0.1, -0.05) is 6.07 Å². The molecule has 4 aromatic rings. The van der Waals surface area contributed by atoms with Crippen molar-refractivity contribution in [3.63, 3.8) is 0 Å². The van der Waals surface area contributed by atoms with E-state index in [1.165, 1.54) is 12.1 Å². The summed E-state index contributed by atoms with van der Waals surface area (Å²) in [5.41, 5.74) is 3.83. The van der Waals surface area contributed by atoms with Gasteiger partial charge in [0.1, 0.15) is 11.3 Å². The van der Waals surface area contributed by atoms with Gasteiger partial charge >= 0.3 is 0 Å². The molecule has 0 radical (unpaired) electrons. The number of aliphatic hydroxyl groups excluding tert-OH is 1. The van der Waals surface area contributed by atoms with Crippen molar-refractivity contribution in [1.82, 2.24) is 14.9 Å². The predicted octanol–water partition coefficient (Wildman–Crippen LogP) is 4.23. The van der Waals surface area contributed by atoms with Crippen molar-refractivity contribution in [3.8, 4) is 0 Å². The van der Waals surface area contributed by atoms with Crippen molar-refractivity contribution < 1.29 is 9.50 Å². The van der Waals surface area contributed by atoms with Crippen molar-refractivity contribution >= 4 is 38.1 Å². The van der Waals surface area contributed by atoms with E-state index in [2.05, 4.69) is 25.8 Å². The van der Waals surface area contributed by atoms with Crippen LogP contribution in [-0.4, -0.2) is 52.7 Å². The van der Waals surface area contributed by atoms with Crippen molar-refractivity contribution in [2.75, 3.05) is 37.6 Å². The van der Waals surface area contributed by atoms with Gasteiger partial charge in [0.2, 0.25) is 0 Å². The molecule has 2 aromatic carbocycles. The molecule has 1 unspecified atom stereocenters. The number of hydrogen-bond acceptors (Lipinski definition) is 6. The lowest BCUT2D eigenvalue weighted by Crippen LogP contribution is -2.46. The molecule has 0 aliphatic carbocycles. The Bertz CT molecular complexity index is 1170. The minimum absolute atomic E-state index is 0.261. The molecular weight excluding hydrogens is 399 g/mol. The average Bonchev–Trinajstić information content (AvgIpc) is 3.20. The van der Waals surface area contributed by atoms with Gasteiger partial charge in [-0.2, -0.15) is 0 Å². The summed E-state index contributed by atoms with van der Waals surface area (Å²) in [6, 6.07) is 10.9. The molecule has 1 atom stereocenters. The summed E-state index contributed by atoms with van der Waals surface area (Å²) in [5.74, 6) is -0.261. The van der Waals surface area contributed by atoms with Crippen molar-refractivity contribution in [3.05, 3.63) is 65.6 Å². The standard InChI is InChI=1S/C23H23FN4OS/c24-16-4-5-22-17(14-16)18(15-30-22)21(29)6-9-27-10-12-28(13-11-27)20-3-1-2-19-23(20)26-8-7-25-19/h1-5,7-8,14-15,21,29H,6,9-13H2. The molecule has 1 aliphatic heterocycles. The maximum atomic E-state index is 13.6. The lowest BCUT2D eigenvalue weighted by molar-refractivity contribution is 0.141. The van der Waals surface area contributed by atoms with Crippen LogP contribution < -0.4 is 4.90 Å². The molecule has 1 saturated heterocycles. The van der Waals surface area contributed by atoms with Gasteiger partial charge in [0, 0.05) is 55.2 Å².